The standard InChI is InChI=1S/C11H17NO3/c1-3-15-11(14)12-7(2)9-5-4-8(12)6-10(9)13/h7-9H,3-6H2,1-2H3/t7-,8+,9+/m1/s1. The number of hydrogen-bond acceptors (Lipinski definition) is 3. The summed E-state index contributed by atoms with van der Waals surface area (Å²) in [4.78, 5) is 25.1. The van der Waals surface area contributed by atoms with Gasteiger partial charge in [0, 0.05) is 24.4 Å². The molecule has 3 rings (SSSR count). The molecule has 2 aliphatic heterocycles. The molecule has 1 amide bonds. The van der Waals surface area contributed by atoms with Gasteiger partial charge in [-0.05, 0) is 26.7 Å². The molecule has 0 unspecified atom stereocenters. The third kappa shape index (κ3) is 1.62. The lowest BCUT2D eigenvalue weighted by Gasteiger charge is -2.48. The average molecular weight is 211 g/mol. The van der Waals surface area contributed by atoms with Crippen molar-refractivity contribution in [1.29, 1.82) is 0 Å². The Morgan fingerprint density at radius 3 is 2.80 bits per heavy atom. The smallest absolute Gasteiger partial charge is 0.410 e. The zero-order valence-electron chi connectivity index (χ0n) is 9.23. The number of carbonyl (C=O) groups excluding carboxylic acids is 2. The van der Waals surface area contributed by atoms with Crippen molar-refractivity contribution in [1.82, 2.24) is 4.90 Å². The zero-order chi connectivity index (χ0) is 11.0. The van der Waals surface area contributed by atoms with Crippen molar-refractivity contribution >= 4 is 11.9 Å². The largest absolute Gasteiger partial charge is 0.450 e. The number of nitrogens with zero attached hydrogens (tertiary/aromatic N) is 1. The lowest BCUT2D eigenvalue weighted by molar-refractivity contribution is -0.135. The highest BCUT2D eigenvalue weighted by Gasteiger charge is 2.46. The maximum Gasteiger partial charge on any atom is 0.410 e. The van der Waals surface area contributed by atoms with Crippen LogP contribution in [0.1, 0.15) is 33.1 Å². The Morgan fingerprint density at radius 1 is 1.53 bits per heavy atom. The molecule has 3 fully saturated rings. The summed E-state index contributed by atoms with van der Waals surface area (Å²) in [6, 6.07) is 0.0978. The molecule has 4 nitrogen and oxygen atoms in total. The first-order chi connectivity index (χ1) is 7.15. The predicted molar refractivity (Wildman–Crippen MR) is 54.5 cm³/mol. The Hall–Kier alpha value is -1.06. The van der Waals surface area contributed by atoms with Crippen LogP contribution in [-0.2, 0) is 9.53 Å². The minimum absolute atomic E-state index is 0.0176. The summed E-state index contributed by atoms with van der Waals surface area (Å²) < 4.78 is 5.02. The molecule has 2 heterocycles. The summed E-state index contributed by atoms with van der Waals surface area (Å²) in [5, 5.41) is 0. The van der Waals surface area contributed by atoms with Gasteiger partial charge in [-0.1, -0.05) is 0 Å². The molecule has 3 aliphatic rings. The molecule has 0 radical (unpaired) electrons. The Balaban J connectivity index is 2.14. The number of fused-ring (bicyclic) bond motifs is 3. The molecule has 2 saturated heterocycles. The van der Waals surface area contributed by atoms with E-state index >= 15 is 0 Å². The Morgan fingerprint density at radius 2 is 2.27 bits per heavy atom. The van der Waals surface area contributed by atoms with Crippen LogP contribution < -0.4 is 0 Å². The van der Waals surface area contributed by atoms with E-state index in [1.165, 1.54) is 0 Å². The Bertz CT molecular complexity index is 288. The van der Waals surface area contributed by atoms with E-state index < -0.39 is 0 Å². The fourth-order valence-electron chi connectivity index (χ4n) is 2.81. The summed E-state index contributed by atoms with van der Waals surface area (Å²) >= 11 is 0. The summed E-state index contributed by atoms with van der Waals surface area (Å²) in [6.07, 6.45) is 2.14. The van der Waals surface area contributed by atoms with E-state index in [2.05, 4.69) is 0 Å². The van der Waals surface area contributed by atoms with Crippen LogP contribution in [0, 0.1) is 5.92 Å². The van der Waals surface area contributed by atoms with Crippen molar-refractivity contribution in [3.8, 4) is 0 Å². The molecule has 3 atom stereocenters. The van der Waals surface area contributed by atoms with Crippen LogP contribution in [0.3, 0.4) is 0 Å². The number of rotatable bonds is 1. The van der Waals surface area contributed by atoms with Crippen LogP contribution in [-0.4, -0.2) is 35.5 Å². The highest BCUT2D eigenvalue weighted by molar-refractivity contribution is 5.86. The van der Waals surface area contributed by atoms with Crippen molar-refractivity contribution in [2.75, 3.05) is 6.61 Å². The molecule has 2 bridgehead atoms. The second-order valence-corrected chi connectivity index (χ2v) is 4.35. The van der Waals surface area contributed by atoms with Crippen molar-refractivity contribution < 1.29 is 14.3 Å². The van der Waals surface area contributed by atoms with E-state index in [-0.39, 0.29) is 24.1 Å². The van der Waals surface area contributed by atoms with E-state index in [9.17, 15) is 9.59 Å². The monoisotopic (exact) mass is 211 g/mol. The zero-order valence-corrected chi connectivity index (χ0v) is 9.23. The molecule has 0 aromatic carbocycles. The molecular weight excluding hydrogens is 194 g/mol. The van der Waals surface area contributed by atoms with Gasteiger partial charge in [0.05, 0.1) is 6.61 Å². The summed E-state index contributed by atoms with van der Waals surface area (Å²) in [5.41, 5.74) is 0. The maximum atomic E-state index is 11.7. The van der Waals surface area contributed by atoms with Gasteiger partial charge in [0.2, 0.25) is 0 Å². The van der Waals surface area contributed by atoms with Crippen LogP contribution in [0.2, 0.25) is 0 Å². The average Bonchev–Trinajstić information content (AvgIpc) is 2.17. The molecule has 15 heavy (non-hydrogen) atoms. The summed E-state index contributed by atoms with van der Waals surface area (Å²) in [5.74, 6) is 0.360. The van der Waals surface area contributed by atoms with Crippen molar-refractivity contribution in [2.45, 2.75) is 45.2 Å². The van der Waals surface area contributed by atoms with E-state index in [1.807, 2.05) is 6.92 Å². The van der Waals surface area contributed by atoms with Gasteiger partial charge in [0.25, 0.3) is 0 Å². The van der Waals surface area contributed by atoms with Gasteiger partial charge in [0.15, 0.2) is 0 Å². The van der Waals surface area contributed by atoms with E-state index in [0.717, 1.165) is 12.8 Å². The van der Waals surface area contributed by atoms with Crippen molar-refractivity contribution in [3.63, 3.8) is 0 Å². The summed E-state index contributed by atoms with van der Waals surface area (Å²) in [6.45, 7) is 4.15. The van der Waals surface area contributed by atoms with Crippen LogP contribution in [0.5, 0.6) is 0 Å². The molecule has 0 aromatic rings. The van der Waals surface area contributed by atoms with Gasteiger partial charge in [-0.15, -0.1) is 0 Å². The molecule has 0 aromatic heterocycles. The first-order valence-electron chi connectivity index (χ1n) is 5.63. The number of ether oxygens (including phenoxy) is 1. The van der Waals surface area contributed by atoms with E-state index in [0.29, 0.717) is 18.8 Å². The molecule has 1 aliphatic carbocycles. The van der Waals surface area contributed by atoms with Gasteiger partial charge in [-0.25, -0.2) is 4.79 Å². The number of ketones is 1. The van der Waals surface area contributed by atoms with Gasteiger partial charge < -0.3 is 9.64 Å². The van der Waals surface area contributed by atoms with Crippen molar-refractivity contribution in [2.24, 2.45) is 5.92 Å². The lowest BCUT2D eigenvalue weighted by Crippen LogP contribution is -2.59. The van der Waals surface area contributed by atoms with E-state index in [1.54, 1.807) is 11.8 Å². The van der Waals surface area contributed by atoms with Gasteiger partial charge in [0.1, 0.15) is 5.78 Å². The number of carbonyl (C=O) groups is 2. The number of Topliss-reactive ketones (excluding diaryl/α,β-unsaturated/α-hetero) is 1. The third-order valence-electron chi connectivity index (χ3n) is 3.55. The number of piperidine rings is 2. The highest BCUT2D eigenvalue weighted by Crippen LogP contribution is 2.37. The second kappa shape index (κ2) is 3.83. The van der Waals surface area contributed by atoms with Crippen LogP contribution >= 0.6 is 0 Å². The first kappa shape index (κ1) is 10.5. The topological polar surface area (TPSA) is 46.6 Å². The number of amides is 1. The van der Waals surface area contributed by atoms with Gasteiger partial charge in [-0.3, -0.25) is 4.79 Å². The molecule has 84 valence electrons. The quantitative estimate of drug-likeness (QED) is 0.661. The first-order valence-corrected chi connectivity index (χ1v) is 5.63. The molecular formula is C11H17NO3. The minimum Gasteiger partial charge on any atom is -0.450 e. The molecule has 0 N–H and O–H groups in total. The molecule has 1 saturated carbocycles. The van der Waals surface area contributed by atoms with Gasteiger partial charge in [-0.2, -0.15) is 0 Å². The fraction of sp³-hybridized carbons (Fsp3) is 0.818. The van der Waals surface area contributed by atoms with Gasteiger partial charge >= 0.3 is 6.09 Å². The third-order valence-corrected chi connectivity index (χ3v) is 3.55. The molecule has 0 spiro atoms. The second-order valence-electron chi connectivity index (χ2n) is 4.35. The Labute approximate surface area is 89.6 Å². The predicted octanol–water partition coefficient (Wildman–Crippen LogP) is 1.58. The SMILES string of the molecule is CCOC(=O)N1[C@H]2CC[C@H](C(=O)C2)[C@H]1C. The fourth-order valence-corrected chi connectivity index (χ4v) is 2.81. The van der Waals surface area contributed by atoms with E-state index in [4.69, 9.17) is 4.74 Å². The highest BCUT2D eigenvalue weighted by atomic mass is 16.6. The van der Waals surface area contributed by atoms with Crippen molar-refractivity contribution in [3.05, 3.63) is 0 Å². The normalized spacial score (nSPS) is 34.4. The Kier molecular flexibility index (Phi) is 2.67. The van der Waals surface area contributed by atoms with Crippen LogP contribution in [0.4, 0.5) is 4.79 Å². The summed E-state index contributed by atoms with van der Waals surface area (Å²) in [7, 11) is 0. The van der Waals surface area contributed by atoms with Crippen LogP contribution in [0.25, 0.3) is 0 Å². The lowest BCUT2D eigenvalue weighted by atomic mass is 9.74. The maximum absolute atomic E-state index is 11.7. The molecule has 4 heteroatoms. The van der Waals surface area contributed by atoms with Crippen LogP contribution in [0.15, 0.2) is 0 Å². The number of hydrogen-bond donors (Lipinski definition) is 0. The minimum atomic E-state index is -0.257.